The minimum atomic E-state index is -0.269. The molecule has 1 aromatic heterocycles. The zero-order valence-electron chi connectivity index (χ0n) is 12.8. The minimum absolute atomic E-state index is 0.0406. The Balaban J connectivity index is 1.65. The molecule has 0 saturated heterocycles. The molecule has 5 nitrogen and oxygen atoms in total. The number of aromatic nitrogens is 2. The number of halogens is 1. The molecule has 0 amide bonds. The predicted octanol–water partition coefficient (Wildman–Crippen LogP) is 3.04. The lowest BCUT2D eigenvalue weighted by atomic mass is 9.95. The number of nitrogens with two attached hydrogens (primary N) is 1. The number of benzene rings is 2. The van der Waals surface area contributed by atoms with Gasteiger partial charge in [-0.3, -0.25) is 5.10 Å². The quantitative estimate of drug-likeness (QED) is 0.773. The van der Waals surface area contributed by atoms with E-state index in [0.717, 1.165) is 34.0 Å². The Hall–Kier alpha value is -2.86. The molecule has 122 valence electrons. The third-order valence-electron chi connectivity index (χ3n) is 4.15. The van der Waals surface area contributed by atoms with Crippen LogP contribution in [0.5, 0.6) is 11.5 Å². The monoisotopic (exact) mass is 325 g/mol. The van der Waals surface area contributed by atoms with Crippen molar-refractivity contribution in [3.8, 4) is 22.8 Å². The maximum absolute atomic E-state index is 13.1. The van der Waals surface area contributed by atoms with E-state index in [-0.39, 0.29) is 18.5 Å². The molecule has 4 rings (SSSR count). The zero-order chi connectivity index (χ0) is 16.5. The molecule has 1 unspecified atom stereocenters. The van der Waals surface area contributed by atoms with Crippen molar-refractivity contribution in [2.24, 2.45) is 5.73 Å². The summed E-state index contributed by atoms with van der Waals surface area (Å²) in [6, 6.07) is 14.0. The molecule has 0 fully saturated rings. The smallest absolute Gasteiger partial charge is 0.231 e. The summed E-state index contributed by atoms with van der Waals surface area (Å²) in [5, 5.41) is 7.36. The van der Waals surface area contributed by atoms with Crippen molar-refractivity contribution in [1.82, 2.24) is 10.2 Å². The number of hydrogen-bond donors (Lipinski definition) is 2. The van der Waals surface area contributed by atoms with Crippen LogP contribution in [0.25, 0.3) is 11.3 Å². The van der Waals surface area contributed by atoms with Gasteiger partial charge in [-0.2, -0.15) is 5.10 Å². The van der Waals surface area contributed by atoms with Gasteiger partial charge in [-0.15, -0.1) is 0 Å². The van der Waals surface area contributed by atoms with E-state index in [1.807, 2.05) is 24.3 Å². The van der Waals surface area contributed by atoms with E-state index in [1.165, 1.54) is 12.1 Å². The van der Waals surface area contributed by atoms with Crippen LogP contribution in [0.3, 0.4) is 0 Å². The highest BCUT2D eigenvalue weighted by Gasteiger charge is 2.20. The molecule has 3 aromatic rings. The summed E-state index contributed by atoms with van der Waals surface area (Å²) >= 11 is 0. The highest BCUT2D eigenvalue weighted by molar-refractivity contribution is 5.59. The topological polar surface area (TPSA) is 73.2 Å². The Kier molecular flexibility index (Phi) is 3.66. The zero-order valence-corrected chi connectivity index (χ0v) is 12.8. The molecule has 24 heavy (non-hydrogen) atoms. The van der Waals surface area contributed by atoms with Crippen molar-refractivity contribution in [3.05, 3.63) is 65.6 Å². The van der Waals surface area contributed by atoms with Crippen molar-refractivity contribution in [2.75, 3.05) is 13.3 Å². The van der Waals surface area contributed by atoms with Crippen LogP contribution in [0, 0.1) is 5.82 Å². The Labute approximate surface area is 138 Å². The Morgan fingerprint density at radius 2 is 1.88 bits per heavy atom. The van der Waals surface area contributed by atoms with Gasteiger partial charge in [0.1, 0.15) is 5.82 Å². The highest BCUT2D eigenvalue weighted by atomic mass is 19.1. The van der Waals surface area contributed by atoms with Gasteiger partial charge in [0.2, 0.25) is 6.79 Å². The summed E-state index contributed by atoms with van der Waals surface area (Å²) in [5.74, 6) is 1.16. The molecule has 1 aliphatic rings. The van der Waals surface area contributed by atoms with Gasteiger partial charge >= 0.3 is 0 Å². The summed E-state index contributed by atoms with van der Waals surface area (Å²) in [6.45, 7) is 0.662. The maximum Gasteiger partial charge on any atom is 0.231 e. The first-order valence-corrected chi connectivity index (χ1v) is 7.65. The summed E-state index contributed by atoms with van der Waals surface area (Å²) in [4.78, 5) is 0. The fourth-order valence-electron chi connectivity index (χ4n) is 2.86. The second kappa shape index (κ2) is 5.98. The second-order valence-corrected chi connectivity index (χ2v) is 5.62. The van der Waals surface area contributed by atoms with Gasteiger partial charge in [-0.05, 0) is 48.0 Å². The van der Waals surface area contributed by atoms with Crippen molar-refractivity contribution in [3.63, 3.8) is 0 Å². The summed E-state index contributed by atoms with van der Waals surface area (Å²) in [6.07, 6.45) is 0. The van der Waals surface area contributed by atoms with Crippen LogP contribution in [0.4, 0.5) is 4.39 Å². The lowest BCUT2D eigenvalue weighted by Crippen LogP contribution is -2.14. The molecule has 1 aliphatic heterocycles. The predicted molar refractivity (Wildman–Crippen MR) is 87.4 cm³/mol. The Bertz CT molecular complexity index is 861. The molecule has 0 saturated carbocycles. The standard InChI is InChI=1S/C18H16FN3O2/c19-13-4-1-11(2-5-13)15-8-16(22-21-15)14(9-20)12-3-6-17-18(7-12)24-10-23-17/h1-8,14H,9-10,20H2,(H,21,22). The molecule has 0 aliphatic carbocycles. The molecule has 3 N–H and O–H groups in total. The molecular formula is C18H16FN3O2. The van der Waals surface area contributed by atoms with Crippen LogP contribution < -0.4 is 15.2 Å². The lowest BCUT2D eigenvalue weighted by Gasteiger charge is -2.13. The molecular weight excluding hydrogens is 309 g/mol. The van der Waals surface area contributed by atoms with E-state index in [9.17, 15) is 4.39 Å². The number of nitrogens with one attached hydrogen (secondary N) is 1. The largest absolute Gasteiger partial charge is 0.454 e. The van der Waals surface area contributed by atoms with E-state index in [2.05, 4.69) is 10.2 Å². The number of ether oxygens (including phenoxy) is 2. The van der Waals surface area contributed by atoms with Gasteiger partial charge in [-0.25, -0.2) is 4.39 Å². The summed E-state index contributed by atoms with van der Waals surface area (Å²) in [5.41, 5.74) is 9.50. The fraction of sp³-hybridized carbons (Fsp3) is 0.167. The first-order valence-electron chi connectivity index (χ1n) is 7.65. The van der Waals surface area contributed by atoms with E-state index in [4.69, 9.17) is 15.2 Å². The van der Waals surface area contributed by atoms with Crippen molar-refractivity contribution in [2.45, 2.75) is 5.92 Å². The van der Waals surface area contributed by atoms with Crippen LogP contribution in [0.2, 0.25) is 0 Å². The van der Waals surface area contributed by atoms with Crippen molar-refractivity contribution in [1.29, 1.82) is 0 Å². The third-order valence-corrected chi connectivity index (χ3v) is 4.15. The number of hydrogen-bond acceptors (Lipinski definition) is 4. The first-order chi connectivity index (χ1) is 11.7. The van der Waals surface area contributed by atoms with Gasteiger partial charge in [0, 0.05) is 23.7 Å². The second-order valence-electron chi connectivity index (χ2n) is 5.62. The highest BCUT2D eigenvalue weighted by Crippen LogP contribution is 2.36. The molecule has 2 heterocycles. The van der Waals surface area contributed by atoms with Gasteiger partial charge < -0.3 is 15.2 Å². The Morgan fingerprint density at radius 3 is 2.67 bits per heavy atom. The van der Waals surface area contributed by atoms with Crippen LogP contribution in [0.15, 0.2) is 48.5 Å². The Morgan fingerprint density at radius 1 is 1.08 bits per heavy atom. The van der Waals surface area contributed by atoms with Crippen LogP contribution in [-0.4, -0.2) is 23.5 Å². The molecule has 0 spiro atoms. The minimum Gasteiger partial charge on any atom is -0.454 e. The molecule has 0 radical (unpaired) electrons. The average Bonchev–Trinajstić information content (AvgIpc) is 3.25. The van der Waals surface area contributed by atoms with Crippen LogP contribution in [-0.2, 0) is 0 Å². The molecule has 2 aromatic carbocycles. The summed E-state index contributed by atoms with van der Waals surface area (Å²) in [7, 11) is 0. The SMILES string of the molecule is NCC(c1ccc2c(c1)OCO2)c1cc(-c2ccc(F)cc2)n[nH]1. The van der Waals surface area contributed by atoms with Crippen LogP contribution >= 0.6 is 0 Å². The average molecular weight is 325 g/mol. The molecule has 6 heteroatoms. The fourth-order valence-corrected chi connectivity index (χ4v) is 2.86. The number of nitrogens with zero attached hydrogens (tertiary/aromatic N) is 1. The van der Waals surface area contributed by atoms with Gasteiger partial charge in [0.05, 0.1) is 5.69 Å². The van der Waals surface area contributed by atoms with Gasteiger partial charge in [0.15, 0.2) is 11.5 Å². The normalized spacial score (nSPS) is 13.9. The first kappa shape index (κ1) is 14.7. The van der Waals surface area contributed by atoms with Crippen molar-refractivity contribution < 1.29 is 13.9 Å². The van der Waals surface area contributed by atoms with E-state index in [1.54, 1.807) is 12.1 Å². The molecule has 0 bridgehead atoms. The van der Waals surface area contributed by atoms with E-state index < -0.39 is 0 Å². The van der Waals surface area contributed by atoms with Gasteiger partial charge in [0.25, 0.3) is 0 Å². The number of rotatable bonds is 4. The van der Waals surface area contributed by atoms with E-state index in [0.29, 0.717) is 6.54 Å². The number of aromatic amines is 1. The van der Waals surface area contributed by atoms with Crippen LogP contribution in [0.1, 0.15) is 17.2 Å². The third kappa shape index (κ3) is 2.61. The van der Waals surface area contributed by atoms with Gasteiger partial charge in [-0.1, -0.05) is 6.07 Å². The molecule has 1 atom stereocenters. The maximum atomic E-state index is 13.1. The lowest BCUT2D eigenvalue weighted by molar-refractivity contribution is 0.174. The number of fused-ring (bicyclic) bond motifs is 1. The number of H-pyrrole nitrogens is 1. The summed E-state index contributed by atoms with van der Waals surface area (Å²) < 4.78 is 23.8. The van der Waals surface area contributed by atoms with E-state index >= 15 is 0 Å². The van der Waals surface area contributed by atoms with Crippen molar-refractivity contribution >= 4 is 0 Å².